The van der Waals surface area contributed by atoms with E-state index in [2.05, 4.69) is 0 Å². The summed E-state index contributed by atoms with van der Waals surface area (Å²) in [5, 5.41) is 74.5. The van der Waals surface area contributed by atoms with Crippen LogP contribution in [0.15, 0.2) is 0 Å². The van der Waals surface area contributed by atoms with Crippen molar-refractivity contribution in [2.75, 3.05) is 46.0 Å². The van der Waals surface area contributed by atoms with Crippen molar-refractivity contribution >= 4 is 0 Å². The van der Waals surface area contributed by atoms with Crippen molar-refractivity contribution in [1.29, 1.82) is 0 Å². The van der Waals surface area contributed by atoms with Crippen molar-refractivity contribution in [3.63, 3.8) is 0 Å². The SMILES string of the molecule is NCC1O[C@H](O[C@H]2[C@@H](O)[C@H](O[C@@H]3[C@@H](O)[C@H](N)C[C@H](N)[C@H]3O[C@H]3O[C@H](CN4CCOCC4)[C@@H](O)[C@H](O)[C@H]3N)O[C@@H]2CO)[C@H](N)[C@@H](O)[C@@H]1O. The Morgan fingerprint density at radius 1 is 0.596 bits per heavy atom. The smallest absolute Gasteiger partial charge is 0.187 e. The van der Waals surface area contributed by atoms with Gasteiger partial charge in [0.1, 0.15) is 67.1 Å². The average Bonchev–Trinajstić information content (AvgIpc) is 3.36. The number of rotatable bonds is 10. The summed E-state index contributed by atoms with van der Waals surface area (Å²) >= 11 is 0. The van der Waals surface area contributed by atoms with Crippen molar-refractivity contribution < 1.29 is 68.9 Å². The summed E-state index contributed by atoms with van der Waals surface area (Å²) in [6, 6.07) is -4.16. The lowest BCUT2D eigenvalue weighted by atomic mass is 9.84. The predicted octanol–water partition coefficient (Wildman–Crippen LogP) is -8.52. The largest absolute Gasteiger partial charge is 0.394 e. The maximum Gasteiger partial charge on any atom is 0.187 e. The van der Waals surface area contributed by atoms with Crippen LogP contribution in [0.4, 0.5) is 0 Å². The van der Waals surface area contributed by atoms with E-state index in [1.54, 1.807) is 0 Å². The van der Waals surface area contributed by atoms with E-state index in [1.165, 1.54) is 0 Å². The monoisotopic (exact) mass is 684 g/mol. The van der Waals surface area contributed by atoms with E-state index in [0.29, 0.717) is 26.3 Å². The fourth-order valence-corrected chi connectivity index (χ4v) is 6.74. The van der Waals surface area contributed by atoms with Crippen LogP contribution in [0.1, 0.15) is 6.42 Å². The molecular weight excluding hydrogens is 632 g/mol. The van der Waals surface area contributed by atoms with Crippen LogP contribution in [0.3, 0.4) is 0 Å². The molecule has 4 aliphatic heterocycles. The molecule has 4 heterocycles. The number of hydrogen-bond donors (Lipinski definition) is 12. The summed E-state index contributed by atoms with van der Waals surface area (Å²) < 4.78 is 40.9. The van der Waals surface area contributed by atoms with Crippen molar-refractivity contribution in [3.8, 4) is 0 Å². The van der Waals surface area contributed by atoms with Crippen LogP contribution < -0.4 is 28.7 Å². The Morgan fingerprint density at radius 3 is 1.72 bits per heavy atom. The molecule has 47 heavy (non-hydrogen) atoms. The van der Waals surface area contributed by atoms with Crippen molar-refractivity contribution in [2.24, 2.45) is 28.7 Å². The van der Waals surface area contributed by atoms with E-state index >= 15 is 0 Å². The van der Waals surface area contributed by atoms with Crippen LogP contribution in [-0.4, -0.2) is 203 Å². The zero-order chi connectivity index (χ0) is 34.2. The fourth-order valence-electron chi connectivity index (χ4n) is 6.74. The second-order valence-corrected chi connectivity index (χ2v) is 12.9. The lowest BCUT2D eigenvalue weighted by Crippen LogP contribution is -2.68. The van der Waals surface area contributed by atoms with Gasteiger partial charge in [-0.25, -0.2) is 0 Å². The zero-order valence-corrected chi connectivity index (χ0v) is 25.9. The molecule has 1 unspecified atom stereocenters. The third-order valence-corrected chi connectivity index (χ3v) is 9.68. The number of aliphatic hydroxyl groups excluding tert-OH is 7. The van der Waals surface area contributed by atoms with Gasteiger partial charge in [-0.2, -0.15) is 0 Å². The lowest BCUT2D eigenvalue weighted by Gasteiger charge is -2.48. The minimum Gasteiger partial charge on any atom is -0.394 e. The van der Waals surface area contributed by atoms with Crippen LogP contribution >= 0.6 is 0 Å². The molecule has 1 aliphatic carbocycles. The summed E-state index contributed by atoms with van der Waals surface area (Å²) in [7, 11) is 0. The number of nitrogens with two attached hydrogens (primary N) is 5. The van der Waals surface area contributed by atoms with Crippen molar-refractivity contribution in [1.82, 2.24) is 4.90 Å². The van der Waals surface area contributed by atoms with Crippen LogP contribution in [0, 0.1) is 0 Å². The molecule has 0 amide bonds. The highest BCUT2D eigenvalue weighted by Crippen LogP contribution is 2.34. The summed E-state index contributed by atoms with van der Waals surface area (Å²) in [5.74, 6) is 0. The fraction of sp³-hybridized carbons (Fsp3) is 1.00. The second-order valence-electron chi connectivity index (χ2n) is 12.9. The van der Waals surface area contributed by atoms with Crippen LogP contribution in [0.25, 0.3) is 0 Å². The third-order valence-electron chi connectivity index (χ3n) is 9.68. The average molecular weight is 685 g/mol. The van der Waals surface area contributed by atoms with E-state index in [9.17, 15) is 35.7 Å². The standard InChI is InChI=1S/C27H52N6O14/c28-6-11-17(36)19(38)14(31)25(42-11)46-23-13(8-34)44-27(21(23)40)47-24-16(35)9(29)5-10(30)22(24)45-26-15(32)20(39)18(37)12(43-26)7-33-1-3-41-4-2-33/h9-27,34-40H,1-8,28-32H2/t9-,10+,11?,12-,13-,14-,15-,16+,17-,18-,19-,20-,21-,22-,23-,24-,25-,26-,27+/m1/s1. The summed E-state index contributed by atoms with van der Waals surface area (Å²) in [6.07, 6.45) is -19.5. The highest BCUT2D eigenvalue weighted by molar-refractivity contribution is 5.02. The minimum absolute atomic E-state index is 0.0997. The summed E-state index contributed by atoms with van der Waals surface area (Å²) in [5.41, 5.74) is 30.5. The van der Waals surface area contributed by atoms with Gasteiger partial charge in [0.2, 0.25) is 0 Å². The predicted molar refractivity (Wildman–Crippen MR) is 157 cm³/mol. The van der Waals surface area contributed by atoms with E-state index in [-0.39, 0.29) is 19.5 Å². The van der Waals surface area contributed by atoms with Gasteiger partial charge in [0.25, 0.3) is 0 Å². The normalized spacial score (nSPS) is 51.7. The molecule has 0 spiro atoms. The van der Waals surface area contributed by atoms with E-state index in [4.69, 9.17) is 61.8 Å². The first-order chi connectivity index (χ1) is 22.4. The van der Waals surface area contributed by atoms with Crippen molar-refractivity contribution in [2.45, 2.75) is 123 Å². The first-order valence-electron chi connectivity index (χ1n) is 16.0. The molecule has 0 aromatic rings. The van der Waals surface area contributed by atoms with E-state index < -0.39 is 123 Å². The van der Waals surface area contributed by atoms with E-state index in [0.717, 1.165) is 0 Å². The van der Waals surface area contributed by atoms with Gasteiger partial charge in [-0.05, 0) is 6.42 Å². The molecule has 5 fully saturated rings. The Bertz CT molecular complexity index is 990. The number of aliphatic hydroxyl groups is 7. The maximum absolute atomic E-state index is 11.2. The molecule has 5 rings (SSSR count). The number of hydrogen-bond acceptors (Lipinski definition) is 20. The molecule has 20 nitrogen and oxygen atoms in total. The number of morpholine rings is 1. The Balaban J connectivity index is 1.29. The molecule has 0 bridgehead atoms. The highest BCUT2D eigenvalue weighted by Gasteiger charge is 2.54. The van der Waals surface area contributed by atoms with E-state index in [1.807, 2.05) is 4.90 Å². The van der Waals surface area contributed by atoms with Gasteiger partial charge in [0.05, 0.1) is 38.0 Å². The number of nitrogens with zero attached hydrogens (tertiary/aromatic N) is 1. The zero-order valence-electron chi connectivity index (χ0n) is 25.9. The first-order valence-corrected chi connectivity index (χ1v) is 16.0. The van der Waals surface area contributed by atoms with Gasteiger partial charge < -0.3 is 97.6 Å². The Kier molecular flexibility index (Phi) is 12.8. The molecule has 1 saturated carbocycles. The molecule has 17 N–H and O–H groups in total. The molecule has 0 radical (unpaired) electrons. The Hall–Kier alpha value is -0.800. The van der Waals surface area contributed by atoms with Gasteiger partial charge in [0.15, 0.2) is 18.9 Å². The molecule has 19 atom stereocenters. The molecule has 0 aromatic carbocycles. The topological polar surface area (TPSA) is 340 Å². The van der Waals surface area contributed by atoms with Crippen molar-refractivity contribution in [3.05, 3.63) is 0 Å². The number of ether oxygens (including phenoxy) is 7. The second kappa shape index (κ2) is 16.0. The molecule has 274 valence electrons. The molecule has 20 heteroatoms. The highest BCUT2D eigenvalue weighted by atomic mass is 16.8. The molecule has 4 saturated heterocycles. The third kappa shape index (κ3) is 7.92. The maximum atomic E-state index is 11.2. The van der Waals surface area contributed by atoms with Gasteiger partial charge >= 0.3 is 0 Å². The summed E-state index contributed by atoms with van der Waals surface area (Å²) in [6.45, 7) is 1.69. The van der Waals surface area contributed by atoms with Gasteiger partial charge in [-0.15, -0.1) is 0 Å². The Morgan fingerprint density at radius 2 is 1.13 bits per heavy atom. The summed E-state index contributed by atoms with van der Waals surface area (Å²) in [4.78, 5) is 2.01. The van der Waals surface area contributed by atoms with Crippen LogP contribution in [-0.2, 0) is 33.2 Å². The molecule has 5 aliphatic rings. The molecule has 0 aromatic heterocycles. The Labute approximate surface area is 271 Å². The van der Waals surface area contributed by atoms with Crippen LogP contribution in [0.2, 0.25) is 0 Å². The van der Waals surface area contributed by atoms with Gasteiger partial charge in [0, 0.05) is 38.3 Å². The van der Waals surface area contributed by atoms with Gasteiger partial charge in [-0.3, -0.25) is 4.90 Å². The van der Waals surface area contributed by atoms with Crippen LogP contribution in [0.5, 0.6) is 0 Å². The quantitative estimate of drug-likeness (QED) is 0.102. The first kappa shape index (κ1) is 37.5. The minimum atomic E-state index is -1.60. The lowest BCUT2D eigenvalue weighted by molar-refractivity contribution is -0.309. The van der Waals surface area contributed by atoms with Gasteiger partial charge in [-0.1, -0.05) is 0 Å². The molecular formula is C27H52N6O14.